The van der Waals surface area contributed by atoms with E-state index >= 15 is 0 Å². The van der Waals surface area contributed by atoms with Crippen LogP contribution in [0.5, 0.6) is 0 Å². The molecule has 0 aromatic heterocycles. The maximum atomic E-state index is 13.7. The van der Waals surface area contributed by atoms with Gasteiger partial charge in [-0.3, -0.25) is 0 Å². The van der Waals surface area contributed by atoms with E-state index in [0.29, 0.717) is 12.0 Å². The van der Waals surface area contributed by atoms with Crippen LogP contribution < -0.4 is 5.73 Å². The van der Waals surface area contributed by atoms with E-state index in [0.717, 1.165) is 19.6 Å². The zero-order valence-electron chi connectivity index (χ0n) is 10.7. The van der Waals surface area contributed by atoms with Crippen molar-refractivity contribution in [2.24, 2.45) is 5.73 Å². The Labute approximate surface area is 139 Å². The third kappa shape index (κ3) is 4.58. The molecule has 2 aromatic rings. The zero-order chi connectivity index (χ0) is 14.5. The van der Waals surface area contributed by atoms with Crippen LogP contribution in [0.15, 0.2) is 56.3 Å². The van der Waals surface area contributed by atoms with Crippen LogP contribution >= 0.6 is 43.6 Å². The molecule has 106 valence electrons. The molecule has 0 fully saturated rings. The van der Waals surface area contributed by atoms with Crippen molar-refractivity contribution in [2.45, 2.75) is 17.4 Å². The molecule has 0 aliphatic carbocycles. The molecule has 0 aliphatic rings. The van der Waals surface area contributed by atoms with Gasteiger partial charge in [-0.05, 0) is 52.2 Å². The Bertz CT molecular complexity index is 592. The van der Waals surface area contributed by atoms with E-state index in [1.807, 2.05) is 30.3 Å². The van der Waals surface area contributed by atoms with Gasteiger partial charge in [-0.2, -0.15) is 0 Å². The van der Waals surface area contributed by atoms with Crippen LogP contribution in [0.3, 0.4) is 0 Å². The summed E-state index contributed by atoms with van der Waals surface area (Å²) in [4.78, 5) is 1.15. The first-order valence-corrected chi connectivity index (χ1v) is 8.70. The van der Waals surface area contributed by atoms with Gasteiger partial charge in [-0.15, -0.1) is 11.8 Å². The van der Waals surface area contributed by atoms with Crippen molar-refractivity contribution in [2.75, 3.05) is 5.75 Å². The van der Waals surface area contributed by atoms with Gasteiger partial charge >= 0.3 is 0 Å². The van der Waals surface area contributed by atoms with Gasteiger partial charge < -0.3 is 5.73 Å². The molecule has 0 heterocycles. The molecule has 0 amide bonds. The van der Waals surface area contributed by atoms with Gasteiger partial charge in [0.1, 0.15) is 5.82 Å². The normalized spacial score (nSPS) is 12.4. The third-order valence-corrected chi connectivity index (χ3v) is 5.50. The van der Waals surface area contributed by atoms with E-state index in [2.05, 4.69) is 31.9 Å². The predicted octanol–water partition coefficient (Wildman–Crippen LogP) is 5.01. The van der Waals surface area contributed by atoms with Crippen molar-refractivity contribution in [3.63, 3.8) is 0 Å². The Morgan fingerprint density at radius 2 is 1.90 bits per heavy atom. The van der Waals surface area contributed by atoms with E-state index in [1.54, 1.807) is 17.8 Å². The first-order chi connectivity index (χ1) is 9.56. The molecule has 1 nitrogen and oxygen atoms in total. The number of rotatable bonds is 5. The van der Waals surface area contributed by atoms with E-state index in [9.17, 15) is 4.39 Å². The summed E-state index contributed by atoms with van der Waals surface area (Å²) in [5, 5.41) is 0. The number of hydrogen-bond acceptors (Lipinski definition) is 2. The van der Waals surface area contributed by atoms with Crippen molar-refractivity contribution in [3.8, 4) is 0 Å². The summed E-state index contributed by atoms with van der Waals surface area (Å²) < 4.78 is 15.5. The number of benzene rings is 2. The average Bonchev–Trinajstić information content (AvgIpc) is 2.41. The number of halogens is 3. The van der Waals surface area contributed by atoms with Crippen molar-refractivity contribution < 1.29 is 4.39 Å². The SMILES string of the molecule is NC(CSc1ccccc1Br)Cc1ccc(Br)cc1F. The minimum Gasteiger partial charge on any atom is -0.327 e. The molecule has 0 saturated carbocycles. The van der Waals surface area contributed by atoms with Gasteiger partial charge in [-0.1, -0.05) is 34.1 Å². The van der Waals surface area contributed by atoms with Crippen molar-refractivity contribution in [1.82, 2.24) is 0 Å². The molecule has 0 spiro atoms. The van der Waals surface area contributed by atoms with Crippen LogP contribution in [0.2, 0.25) is 0 Å². The average molecular weight is 419 g/mol. The topological polar surface area (TPSA) is 26.0 Å². The summed E-state index contributed by atoms with van der Waals surface area (Å²) in [6.07, 6.45) is 0.538. The maximum Gasteiger partial charge on any atom is 0.127 e. The fraction of sp³-hybridized carbons (Fsp3) is 0.200. The first kappa shape index (κ1) is 16.0. The molecule has 2 N–H and O–H groups in total. The van der Waals surface area contributed by atoms with Gasteiger partial charge in [0.15, 0.2) is 0 Å². The molecular weight excluding hydrogens is 405 g/mol. The molecule has 2 rings (SSSR count). The van der Waals surface area contributed by atoms with E-state index in [1.165, 1.54) is 6.07 Å². The highest BCUT2D eigenvalue weighted by atomic mass is 79.9. The van der Waals surface area contributed by atoms with Crippen molar-refractivity contribution in [1.29, 1.82) is 0 Å². The number of nitrogens with two attached hydrogens (primary N) is 1. The van der Waals surface area contributed by atoms with Gasteiger partial charge in [0.2, 0.25) is 0 Å². The minimum absolute atomic E-state index is 0.0808. The summed E-state index contributed by atoms with van der Waals surface area (Å²) in [6.45, 7) is 0. The van der Waals surface area contributed by atoms with Crippen LogP contribution in [0.4, 0.5) is 4.39 Å². The Morgan fingerprint density at radius 1 is 1.15 bits per heavy atom. The van der Waals surface area contributed by atoms with E-state index in [-0.39, 0.29) is 11.9 Å². The smallest absolute Gasteiger partial charge is 0.127 e. The molecule has 2 aromatic carbocycles. The monoisotopic (exact) mass is 417 g/mol. The summed E-state index contributed by atoms with van der Waals surface area (Å²) in [7, 11) is 0. The van der Waals surface area contributed by atoms with Crippen LogP contribution in [-0.4, -0.2) is 11.8 Å². The van der Waals surface area contributed by atoms with Crippen LogP contribution in [0.25, 0.3) is 0 Å². The maximum absolute atomic E-state index is 13.7. The second kappa shape index (κ2) is 7.59. The predicted molar refractivity (Wildman–Crippen MR) is 90.6 cm³/mol. The lowest BCUT2D eigenvalue weighted by Gasteiger charge is -2.13. The number of hydrogen-bond donors (Lipinski definition) is 1. The highest BCUT2D eigenvalue weighted by Gasteiger charge is 2.10. The zero-order valence-corrected chi connectivity index (χ0v) is 14.6. The van der Waals surface area contributed by atoms with Gasteiger partial charge in [0, 0.05) is 25.6 Å². The fourth-order valence-electron chi connectivity index (χ4n) is 1.79. The Morgan fingerprint density at radius 3 is 2.60 bits per heavy atom. The molecule has 1 unspecified atom stereocenters. The molecule has 20 heavy (non-hydrogen) atoms. The molecule has 0 saturated heterocycles. The van der Waals surface area contributed by atoms with Gasteiger partial charge in [0.05, 0.1) is 0 Å². The third-order valence-electron chi connectivity index (χ3n) is 2.79. The molecular formula is C15H14Br2FNS. The summed E-state index contributed by atoms with van der Waals surface area (Å²) in [6, 6.07) is 13.0. The fourth-order valence-corrected chi connectivity index (χ4v) is 3.64. The van der Waals surface area contributed by atoms with Crippen LogP contribution in [0.1, 0.15) is 5.56 Å². The summed E-state index contributed by atoms with van der Waals surface area (Å²) in [5.41, 5.74) is 6.76. The lowest BCUT2D eigenvalue weighted by Crippen LogP contribution is -2.26. The number of thioether (sulfide) groups is 1. The van der Waals surface area contributed by atoms with Crippen molar-refractivity contribution >= 4 is 43.6 Å². The lowest BCUT2D eigenvalue weighted by molar-refractivity contribution is 0.596. The van der Waals surface area contributed by atoms with Crippen LogP contribution in [0, 0.1) is 5.82 Å². The van der Waals surface area contributed by atoms with Crippen LogP contribution in [-0.2, 0) is 6.42 Å². The Kier molecular flexibility index (Phi) is 6.08. The lowest BCUT2D eigenvalue weighted by atomic mass is 10.1. The Hall–Kier alpha value is -0.360. The molecule has 0 bridgehead atoms. The largest absolute Gasteiger partial charge is 0.327 e. The first-order valence-electron chi connectivity index (χ1n) is 6.13. The van der Waals surface area contributed by atoms with E-state index in [4.69, 9.17) is 5.73 Å². The summed E-state index contributed by atoms with van der Waals surface area (Å²) >= 11 is 8.44. The van der Waals surface area contributed by atoms with Gasteiger partial charge in [0.25, 0.3) is 0 Å². The standard InChI is InChI=1S/C15H14Br2FNS/c16-11-6-5-10(14(18)8-11)7-12(19)9-20-15-4-2-1-3-13(15)17/h1-6,8,12H,7,9,19H2. The molecule has 0 radical (unpaired) electrons. The van der Waals surface area contributed by atoms with Crippen molar-refractivity contribution in [3.05, 3.63) is 62.8 Å². The quantitative estimate of drug-likeness (QED) is 0.690. The highest BCUT2D eigenvalue weighted by molar-refractivity contribution is 9.10. The molecule has 5 heteroatoms. The molecule has 0 aliphatic heterocycles. The molecule has 1 atom stereocenters. The Balaban J connectivity index is 1.92. The highest BCUT2D eigenvalue weighted by Crippen LogP contribution is 2.27. The summed E-state index contributed by atoms with van der Waals surface area (Å²) in [5.74, 6) is 0.540. The second-order valence-corrected chi connectivity index (χ2v) is 7.27. The minimum atomic E-state index is -0.208. The van der Waals surface area contributed by atoms with E-state index < -0.39 is 0 Å². The van der Waals surface area contributed by atoms with Gasteiger partial charge in [-0.25, -0.2) is 4.39 Å². The second-order valence-electron chi connectivity index (χ2n) is 4.44.